The van der Waals surface area contributed by atoms with Crippen LogP contribution in [0, 0.1) is 13.8 Å². The number of ether oxygens (including phenoxy) is 1. The summed E-state index contributed by atoms with van der Waals surface area (Å²) in [5.74, 6) is 0.986. The lowest BCUT2D eigenvalue weighted by Gasteiger charge is -2.26. The van der Waals surface area contributed by atoms with E-state index in [9.17, 15) is 9.59 Å². The van der Waals surface area contributed by atoms with E-state index in [-0.39, 0.29) is 12.0 Å². The molecule has 120 valence electrons. The number of rotatable bonds is 3. The van der Waals surface area contributed by atoms with E-state index >= 15 is 0 Å². The normalized spacial score (nSPS) is 14.7. The van der Waals surface area contributed by atoms with E-state index in [1.165, 1.54) is 0 Å². The summed E-state index contributed by atoms with van der Waals surface area (Å²) in [5, 5.41) is 4.15. The zero-order valence-electron chi connectivity index (χ0n) is 13.1. The van der Waals surface area contributed by atoms with Crippen molar-refractivity contribution >= 4 is 17.7 Å². The molecule has 0 atom stereocenters. The molecule has 1 aliphatic heterocycles. The van der Waals surface area contributed by atoms with Gasteiger partial charge in [-0.25, -0.2) is 10.2 Å². The van der Waals surface area contributed by atoms with E-state index in [1.807, 2.05) is 0 Å². The first-order valence-corrected chi connectivity index (χ1v) is 7.35. The standard InChI is InChI=1S/C15H21N3O4/c1-4-21-15(20)18-7-5-12(6-8-18)16-17-14(19)13-9-10(2)22-11(13)3/h9H,4-8H2,1-3H3,(H,17,19). The monoisotopic (exact) mass is 307 g/mol. The number of likely N-dealkylation sites (tertiary alicyclic amines) is 1. The molecule has 22 heavy (non-hydrogen) atoms. The quantitative estimate of drug-likeness (QED) is 0.868. The van der Waals surface area contributed by atoms with Crippen molar-refractivity contribution in [2.45, 2.75) is 33.6 Å². The molecule has 2 rings (SSSR count). The third-order valence-electron chi connectivity index (χ3n) is 3.47. The molecule has 1 N–H and O–H groups in total. The molecule has 0 saturated carbocycles. The molecular weight excluding hydrogens is 286 g/mol. The fraction of sp³-hybridized carbons (Fsp3) is 0.533. The Morgan fingerprint density at radius 1 is 1.36 bits per heavy atom. The third kappa shape index (κ3) is 3.87. The Labute approximate surface area is 129 Å². The maximum atomic E-state index is 12.0. The number of piperidine rings is 1. The van der Waals surface area contributed by atoms with Crippen molar-refractivity contribution in [3.8, 4) is 0 Å². The van der Waals surface area contributed by atoms with Crippen LogP contribution in [0.1, 0.15) is 41.6 Å². The molecule has 0 spiro atoms. The van der Waals surface area contributed by atoms with Crippen LogP contribution in [0.5, 0.6) is 0 Å². The number of hydrazone groups is 1. The first kappa shape index (κ1) is 16.1. The summed E-state index contributed by atoms with van der Waals surface area (Å²) >= 11 is 0. The second-order valence-corrected chi connectivity index (χ2v) is 5.13. The number of nitrogens with zero attached hydrogens (tertiary/aromatic N) is 2. The maximum Gasteiger partial charge on any atom is 0.409 e. The van der Waals surface area contributed by atoms with E-state index < -0.39 is 0 Å². The molecule has 1 saturated heterocycles. The number of carbonyl (C=O) groups is 2. The summed E-state index contributed by atoms with van der Waals surface area (Å²) in [4.78, 5) is 25.2. The van der Waals surface area contributed by atoms with Gasteiger partial charge >= 0.3 is 6.09 Å². The third-order valence-corrected chi connectivity index (χ3v) is 3.47. The van der Waals surface area contributed by atoms with Gasteiger partial charge in [-0.2, -0.15) is 5.10 Å². The zero-order valence-corrected chi connectivity index (χ0v) is 13.1. The van der Waals surface area contributed by atoms with Gasteiger partial charge in [-0.3, -0.25) is 4.79 Å². The van der Waals surface area contributed by atoms with Crippen LogP contribution >= 0.6 is 0 Å². The van der Waals surface area contributed by atoms with Gasteiger partial charge in [0, 0.05) is 31.6 Å². The van der Waals surface area contributed by atoms with Crippen LogP contribution in [0.15, 0.2) is 15.6 Å². The van der Waals surface area contributed by atoms with Crippen molar-refractivity contribution in [2.24, 2.45) is 5.10 Å². The molecule has 7 heteroatoms. The summed E-state index contributed by atoms with van der Waals surface area (Å²) in [6.45, 7) is 6.79. The molecular formula is C15H21N3O4. The predicted octanol–water partition coefficient (Wildman–Crippen LogP) is 2.23. The lowest BCUT2D eigenvalue weighted by Crippen LogP contribution is -2.39. The highest BCUT2D eigenvalue weighted by atomic mass is 16.6. The molecule has 2 heterocycles. The highest BCUT2D eigenvalue weighted by molar-refractivity contribution is 5.96. The maximum absolute atomic E-state index is 12.0. The van der Waals surface area contributed by atoms with Gasteiger partial charge in [-0.15, -0.1) is 0 Å². The second kappa shape index (κ2) is 7.11. The van der Waals surface area contributed by atoms with Gasteiger partial charge in [0.05, 0.1) is 12.2 Å². The zero-order chi connectivity index (χ0) is 16.1. The molecule has 0 aliphatic carbocycles. The molecule has 7 nitrogen and oxygen atoms in total. The summed E-state index contributed by atoms with van der Waals surface area (Å²) in [6.07, 6.45) is 0.959. The Balaban J connectivity index is 1.86. The van der Waals surface area contributed by atoms with Gasteiger partial charge in [0.25, 0.3) is 5.91 Å². The molecule has 2 amide bonds. The molecule has 0 aromatic carbocycles. The minimum absolute atomic E-state index is 0.283. The summed E-state index contributed by atoms with van der Waals surface area (Å²) < 4.78 is 10.3. The molecule has 1 aromatic rings. The van der Waals surface area contributed by atoms with E-state index in [0.29, 0.717) is 49.6 Å². The molecule has 0 bridgehead atoms. The first-order valence-electron chi connectivity index (χ1n) is 7.35. The average molecular weight is 307 g/mol. The van der Waals surface area contributed by atoms with Crippen LogP contribution in [0.3, 0.4) is 0 Å². The lowest BCUT2D eigenvalue weighted by atomic mass is 10.1. The van der Waals surface area contributed by atoms with Crippen molar-refractivity contribution < 1.29 is 18.7 Å². The van der Waals surface area contributed by atoms with Gasteiger partial charge in [-0.05, 0) is 26.8 Å². The summed E-state index contributed by atoms with van der Waals surface area (Å²) in [5.41, 5.74) is 3.91. The molecule has 0 unspecified atom stereocenters. The van der Waals surface area contributed by atoms with Crippen LogP contribution in [-0.2, 0) is 4.74 Å². The van der Waals surface area contributed by atoms with Crippen LogP contribution in [0.4, 0.5) is 4.79 Å². The van der Waals surface area contributed by atoms with E-state index in [4.69, 9.17) is 9.15 Å². The average Bonchev–Trinajstić information content (AvgIpc) is 2.84. The van der Waals surface area contributed by atoms with Gasteiger partial charge < -0.3 is 14.1 Å². The SMILES string of the molecule is CCOC(=O)N1CCC(=NNC(=O)c2cc(C)oc2C)CC1. The van der Waals surface area contributed by atoms with E-state index in [1.54, 1.807) is 31.7 Å². The lowest BCUT2D eigenvalue weighted by molar-refractivity contribution is 0.0950. The summed E-state index contributed by atoms with van der Waals surface area (Å²) in [7, 11) is 0. The van der Waals surface area contributed by atoms with E-state index in [0.717, 1.165) is 5.71 Å². The van der Waals surface area contributed by atoms with Gasteiger partial charge in [0.15, 0.2) is 0 Å². The van der Waals surface area contributed by atoms with E-state index in [2.05, 4.69) is 10.5 Å². The van der Waals surface area contributed by atoms with Crippen LogP contribution in [0.2, 0.25) is 0 Å². The number of hydrogen-bond donors (Lipinski definition) is 1. The fourth-order valence-electron chi connectivity index (χ4n) is 2.32. The van der Waals surface area contributed by atoms with Gasteiger partial charge in [0.1, 0.15) is 11.5 Å². The molecule has 1 aliphatic rings. The van der Waals surface area contributed by atoms with Crippen LogP contribution < -0.4 is 5.43 Å². The predicted molar refractivity (Wildman–Crippen MR) is 80.9 cm³/mol. The largest absolute Gasteiger partial charge is 0.466 e. The molecule has 1 fully saturated rings. The minimum Gasteiger partial charge on any atom is -0.466 e. The Morgan fingerprint density at radius 2 is 2.05 bits per heavy atom. The highest BCUT2D eigenvalue weighted by Crippen LogP contribution is 2.13. The number of nitrogens with one attached hydrogen (secondary N) is 1. The Kier molecular flexibility index (Phi) is 5.19. The number of furan rings is 1. The van der Waals surface area contributed by atoms with Crippen LogP contribution in [0.25, 0.3) is 0 Å². The van der Waals surface area contributed by atoms with Crippen molar-refractivity contribution in [1.29, 1.82) is 0 Å². The van der Waals surface area contributed by atoms with Gasteiger partial charge in [-0.1, -0.05) is 0 Å². The molecule has 0 radical (unpaired) electrons. The Morgan fingerprint density at radius 3 is 2.59 bits per heavy atom. The van der Waals surface area contributed by atoms with Crippen molar-refractivity contribution in [3.63, 3.8) is 0 Å². The van der Waals surface area contributed by atoms with Crippen molar-refractivity contribution in [2.75, 3.05) is 19.7 Å². The van der Waals surface area contributed by atoms with Crippen LogP contribution in [-0.4, -0.2) is 42.3 Å². The Bertz CT molecular complexity index is 582. The van der Waals surface area contributed by atoms with Crippen molar-refractivity contribution in [3.05, 3.63) is 23.2 Å². The van der Waals surface area contributed by atoms with Crippen molar-refractivity contribution in [1.82, 2.24) is 10.3 Å². The second-order valence-electron chi connectivity index (χ2n) is 5.13. The topological polar surface area (TPSA) is 84.1 Å². The first-order chi connectivity index (χ1) is 10.5. The highest BCUT2D eigenvalue weighted by Gasteiger charge is 2.21. The number of amides is 2. The summed E-state index contributed by atoms with van der Waals surface area (Å²) in [6, 6.07) is 1.69. The number of hydrogen-bond acceptors (Lipinski definition) is 5. The fourth-order valence-corrected chi connectivity index (χ4v) is 2.32. The molecule has 1 aromatic heterocycles. The number of aryl methyl sites for hydroxylation is 2. The smallest absolute Gasteiger partial charge is 0.409 e. The minimum atomic E-state index is -0.296. The number of carbonyl (C=O) groups excluding carboxylic acids is 2. The Hall–Kier alpha value is -2.31. The van der Waals surface area contributed by atoms with Gasteiger partial charge in [0.2, 0.25) is 0 Å².